The molecule has 1 fully saturated rings. The Morgan fingerprint density at radius 3 is 2.33 bits per heavy atom. The monoisotopic (exact) mass is 306 g/mol. The summed E-state index contributed by atoms with van der Waals surface area (Å²) >= 11 is 0. The summed E-state index contributed by atoms with van der Waals surface area (Å²) in [7, 11) is 0. The minimum Gasteiger partial charge on any atom is -0.480 e. The molecule has 1 heterocycles. The van der Waals surface area contributed by atoms with E-state index in [-0.39, 0.29) is 0 Å². The molecule has 2 unspecified atom stereocenters. The number of hydrogen-bond acceptors (Lipinski definition) is 7. The maximum absolute atomic E-state index is 11.2. The summed E-state index contributed by atoms with van der Waals surface area (Å²) in [4.78, 5) is 22.2. The normalized spacial score (nSPS) is 35.8. The molecular weight excluding hydrogens is 284 g/mol. The fourth-order valence-corrected chi connectivity index (χ4v) is 2.43. The van der Waals surface area contributed by atoms with Crippen LogP contribution in [0.5, 0.6) is 0 Å². The Hall–Kier alpha value is -1.26. The third kappa shape index (κ3) is 3.89. The number of hydrogen-bond donors (Lipinski definition) is 6. The average Bonchev–Trinajstić information content (AvgIpc) is 2.42. The van der Waals surface area contributed by atoms with E-state index in [1.54, 1.807) is 0 Å². The predicted octanol–water partition coefficient (Wildman–Crippen LogP) is -2.98. The van der Waals surface area contributed by atoms with E-state index >= 15 is 0 Å². The van der Waals surface area contributed by atoms with Gasteiger partial charge in [-0.25, -0.2) is 0 Å². The van der Waals surface area contributed by atoms with Gasteiger partial charge < -0.3 is 36.2 Å². The van der Waals surface area contributed by atoms with E-state index in [4.69, 9.17) is 20.7 Å². The number of carboxylic acid groups (broad SMARTS) is 1. The molecule has 0 aromatic heterocycles. The first-order valence-corrected chi connectivity index (χ1v) is 6.58. The molecule has 9 nitrogen and oxygen atoms in total. The van der Waals surface area contributed by atoms with Crippen LogP contribution in [-0.2, 0) is 14.3 Å². The van der Waals surface area contributed by atoms with Crippen LogP contribution in [0.1, 0.15) is 13.8 Å². The highest BCUT2D eigenvalue weighted by Gasteiger charge is 2.48. The second-order valence-electron chi connectivity index (χ2n) is 5.25. The van der Waals surface area contributed by atoms with Gasteiger partial charge in [-0.2, -0.15) is 0 Å². The molecule has 0 radical (unpaired) electrons. The molecule has 9 heteroatoms. The zero-order valence-electron chi connectivity index (χ0n) is 11.8. The Labute approximate surface area is 121 Å². The number of ether oxygens (including phenoxy) is 1. The Kier molecular flexibility index (Phi) is 6.05. The molecule has 1 aliphatic heterocycles. The van der Waals surface area contributed by atoms with Gasteiger partial charge in [0, 0.05) is 12.8 Å². The van der Waals surface area contributed by atoms with Gasteiger partial charge in [0.1, 0.15) is 24.4 Å². The Morgan fingerprint density at radius 2 is 1.90 bits per heavy atom. The van der Waals surface area contributed by atoms with Crippen molar-refractivity contribution in [1.29, 1.82) is 0 Å². The Balaban J connectivity index is 3.03. The number of aliphatic carboxylic acids is 1. The molecule has 0 aromatic carbocycles. The highest BCUT2D eigenvalue weighted by atomic mass is 16.5. The van der Waals surface area contributed by atoms with Gasteiger partial charge in [0.15, 0.2) is 0 Å². The third-order valence-corrected chi connectivity index (χ3v) is 3.70. The minimum atomic E-state index is -1.41. The summed E-state index contributed by atoms with van der Waals surface area (Å²) in [6, 6.07) is -2.31. The molecule has 1 aliphatic rings. The second-order valence-corrected chi connectivity index (χ2v) is 5.25. The van der Waals surface area contributed by atoms with E-state index < -0.39 is 60.9 Å². The number of nitrogens with two attached hydrogens (primary N) is 1. The number of carbonyl (C=O) groups excluding carboxylic acids is 1. The summed E-state index contributed by atoms with van der Waals surface area (Å²) in [6.45, 7) is 2.16. The zero-order chi connectivity index (χ0) is 16.3. The largest absolute Gasteiger partial charge is 0.480 e. The van der Waals surface area contributed by atoms with Crippen LogP contribution in [0.3, 0.4) is 0 Å². The fourth-order valence-electron chi connectivity index (χ4n) is 2.43. The van der Waals surface area contributed by atoms with Crippen LogP contribution >= 0.6 is 0 Å². The van der Waals surface area contributed by atoms with Crippen molar-refractivity contribution in [3.63, 3.8) is 0 Å². The van der Waals surface area contributed by atoms with Crippen molar-refractivity contribution < 1.29 is 34.8 Å². The van der Waals surface area contributed by atoms with Gasteiger partial charge in [0.05, 0.1) is 18.8 Å². The third-order valence-electron chi connectivity index (χ3n) is 3.70. The molecule has 0 aliphatic carbocycles. The minimum absolute atomic E-state index is 0.474. The summed E-state index contributed by atoms with van der Waals surface area (Å²) in [5.74, 6) is -2.50. The molecular formula is C12H22N2O7. The topological polar surface area (TPSA) is 162 Å². The maximum atomic E-state index is 11.2. The van der Waals surface area contributed by atoms with Crippen LogP contribution in [-0.4, -0.2) is 75.4 Å². The number of carboxylic acids is 1. The van der Waals surface area contributed by atoms with E-state index in [1.807, 2.05) is 0 Å². The summed E-state index contributed by atoms with van der Waals surface area (Å²) < 4.78 is 5.45. The molecule has 1 rings (SSSR count). The maximum Gasteiger partial charge on any atom is 0.320 e. The van der Waals surface area contributed by atoms with E-state index in [2.05, 4.69) is 5.32 Å². The van der Waals surface area contributed by atoms with Crippen molar-refractivity contribution in [1.82, 2.24) is 5.32 Å². The lowest BCUT2D eigenvalue weighted by Gasteiger charge is -2.45. The van der Waals surface area contributed by atoms with Gasteiger partial charge in [-0.15, -0.1) is 0 Å². The number of amides is 1. The van der Waals surface area contributed by atoms with Crippen molar-refractivity contribution in [2.24, 2.45) is 11.7 Å². The molecule has 0 bridgehead atoms. The van der Waals surface area contributed by atoms with Crippen LogP contribution in [0.15, 0.2) is 0 Å². The van der Waals surface area contributed by atoms with Crippen LogP contribution in [0.2, 0.25) is 0 Å². The van der Waals surface area contributed by atoms with Gasteiger partial charge in [-0.05, 0) is 0 Å². The molecule has 1 saturated heterocycles. The van der Waals surface area contributed by atoms with Gasteiger partial charge in [-0.3, -0.25) is 9.59 Å². The van der Waals surface area contributed by atoms with Crippen molar-refractivity contribution in [3.8, 4) is 0 Å². The number of carbonyl (C=O) groups is 2. The fraction of sp³-hybridized carbons (Fsp3) is 0.833. The van der Waals surface area contributed by atoms with Crippen LogP contribution in [0.4, 0.5) is 0 Å². The predicted molar refractivity (Wildman–Crippen MR) is 70.1 cm³/mol. The van der Waals surface area contributed by atoms with Gasteiger partial charge in [0.25, 0.3) is 0 Å². The highest BCUT2D eigenvalue weighted by molar-refractivity contribution is 5.74. The lowest BCUT2D eigenvalue weighted by atomic mass is 9.83. The molecule has 21 heavy (non-hydrogen) atoms. The lowest BCUT2D eigenvalue weighted by Crippen LogP contribution is -2.67. The average molecular weight is 306 g/mol. The van der Waals surface area contributed by atoms with Crippen molar-refractivity contribution in [2.45, 2.75) is 50.3 Å². The first-order chi connectivity index (χ1) is 9.70. The quantitative estimate of drug-likeness (QED) is 0.313. The van der Waals surface area contributed by atoms with Crippen LogP contribution in [0.25, 0.3) is 0 Å². The molecule has 0 saturated carbocycles. The number of nitrogens with one attached hydrogen (secondary N) is 1. The number of rotatable bonds is 5. The van der Waals surface area contributed by atoms with Gasteiger partial charge in [0.2, 0.25) is 5.91 Å². The summed E-state index contributed by atoms with van der Waals surface area (Å²) in [6.07, 6.45) is -4.86. The van der Waals surface area contributed by atoms with Crippen molar-refractivity contribution in [3.05, 3.63) is 0 Å². The summed E-state index contributed by atoms with van der Waals surface area (Å²) in [5, 5.41) is 40.5. The second kappa shape index (κ2) is 7.14. The van der Waals surface area contributed by atoms with Crippen molar-refractivity contribution >= 4 is 11.9 Å². The Morgan fingerprint density at radius 1 is 1.33 bits per heavy atom. The van der Waals surface area contributed by atoms with Crippen LogP contribution < -0.4 is 11.1 Å². The Bertz CT molecular complexity index is 392. The van der Waals surface area contributed by atoms with E-state index in [0.717, 1.165) is 0 Å². The zero-order valence-corrected chi connectivity index (χ0v) is 11.8. The van der Waals surface area contributed by atoms with Gasteiger partial charge >= 0.3 is 5.97 Å². The standard InChI is InChI=1S/C12H22N2O7/c1-4(7(13)12(19)20)11-8(14-5(2)16)10(18)9(17)6(3-15)21-11/h4,6-11,15,17-18H,3,13H2,1-2H3,(H,14,16)(H,19,20)/t4?,6-,7?,8-,9+,10-,11+/m1/s1. The van der Waals surface area contributed by atoms with Crippen molar-refractivity contribution in [2.75, 3.05) is 6.61 Å². The van der Waals surface area contributed by atoms with E-state index in [0.29, 0.717) is 0 Å². The van der Waals surface area contributed by atoms with Gasteiger partial charge in [-0.1, -0.05) is 6.92 Å². The molecule has 7 N–H and O–H groups in total. The number of aliphatic hydroxyl groups is 3. The first kappa shape index (κ1) is 17.8. The molecule has 7 atom stereocenters. The van der Waals surface area contributed by atoms with Crippen LogP contribution in [0, 0.1) is 5.92 Å². The lowest BCUT2D eigenvalue weighted by molar-refractivity contribution is -0.208. The highest BCUT2D eigenvalue weighted by Crippen LogP contribution is 2.27. The molecule has 1 amide bonds. The number of aliphatic hydroxyl groups excluding tert-OH is 3. The molecule has 122 valence electrons. The SMILES string of the molecule is CC(=O)N[C@@H]1[C@@H](O)[C@@H](O)[C@@H](CO)O[C@H]1C(C)C(N)C(=O)O. The molecule has 0 aromatic rings. The molecule has 0 spiro atoms. The van der Waals surface area contributed by atoms with E-state index in [1.165, 1.54) is 13.8 Å². The first-order valence-electron chi connectivity index (χ1n) is 6.58. The summed E-state index contributed by atoms with van der Waals surface area (Å²) in [5.41, 5.74) is 5.55. The van der Waals surface area contributed by atoms with E-state index in [9.17, 15) is 19.8 Å². The smallest absolute Gasteiger partial charge is 0.320 e.